The molecule has 22 heavy (non-hydrogen) atoms. The summed E-state index contributed by atoms with van der Waals surface area (Å²) < 4.78 is 2.34. The van der Waals surface area contributed by atoms with Crippen molar-refractivity contribution in [3.8, 4) is 0 Å². The molecule has 0 spiro atoms. The molecule has 0 bridgehead atoms. The van der Waals surface area contributed by atoms with Crippen molar-refractivity contribution >= 4 is 16.9 Å². The van der Waals surface area contributed by atoms with E-state index in [9.17, 15) is 4.79 Å². The predicted octanol–water partition coefficient (Wildman–Crippen LogP) is 3.91. The number of aromatic nitrogens is 2. The molecule has 1 saturated heterocycles. The Labute approximate surface area is 132 Å². The van der Waals surface area contributed by atoms with Crippen molar-refractivity contribution in [1.82, 2.24) is 14.5 Å². The number of amides is 1. The fraction of sp³-hybridized carbons (Fsp3) is 0.556. The van der Waals surface area contributed by atoms with Crippen LogP contribution in [0.5, 0.6) is 0 Å². The molecule has 0 radical (unpaired) electrons. The van der Waals surface area contributed by atoms with Crippen molar-refractivity contribution in [3.63, 3.8) is 0 Å². The molecule has 4 nitrogen and oxygen atoms in total. The fourth-order valence-electron chi connectivity index (χ4n) is 3.44. The van der Waals surface area contributed by atoms with Gasteiger partial charge in [0, 0.05) is 19.5 Å². The molecular formula is C18H25N3O. The largest absolute Gasteiger partial charge is 0.333 e. The number of aryl methyl sites for hydroxylation is 1. The Morgan fingerprint density at radius 3 is 2.91 bits per heavy atom. The average Bonchev–Trinajstić information content (AvgIpc) is 3.16. The molecule has 1 aromatic carbocycles. The van der Waals surface area contributed by atoms with Gasteiger partial charge in [-0.25, -0.2) is 4.98 Å². The van der Waals surface area contributed by atoms with Gasteiger partial charge in [-0.3, -0.25) is 4.79 Å². The van der Waals surface area contributed by atoms with Gasteiger partial charge in [-0.05, 0) is 31.4 Å². The summed E-state index contributed by atoms with van der Waals surface area (Å²) in [6.07, 6.45) is 4.98. The maximum atomic E-state index is 12.2. The topological polar surface area (TPSA) is 38.1 Å². The van der Waals surface area contributed by atoms with E-state index in [1.165, 1.54) is 5.52 Å². The van der Waals surface area contributed by atoms with Gasteiger partial charge in [0.05, 0.1) is 17.1 Å². The van der Waals surface area contributed by atoms with Crippen LogP contribution >= 0.6 is 0 Å². The highest BCUT2D eigenvalue weighted by Crippen LogP contribution is 2.34. The maximum absolute atomic E-state index is 12.2. The third kappa shape index (κ3) is 2.62. The number of likely N-dealkylation sites (tertiary alicyclic amines) is 1. The zero-order valence-electron chi connectivity index (χ0n) is 13.6. The first-order chi connectivity index (χ1) is 10.8. The van der Waals surface area contributed by atoms with Crippen molar-refractivity contribution in [3.05, 3.63) is 30.1 Å². The van der Waals surface area contributed by atoms with Crippen molar-refractivity contribution in [2.45, 2.75) is 58.5 Å². The SMILES string of the molecule is CCCCn1c(C2CCCN2C(=O)CC)nc2ccccc21. The molecule has 1 amide bonds. The number of para-hydroxylation sites is 2. The lowest BCUT2D eigenvalue weighted by molar-refractivity contribution is -0.131. The van der Waals surface area contributed by atoms with Gasteiger partial charge in [0.2, 0.25) is 5.91 Å². The predicted molar refractivity (Wildman–Crippen MR) is 88.6 cm³/mol. The highest BCUT2D eigenvalue weighted by Gasteiger charge is 2.32. The van der Waals surface area contributed by atoms with E-state index in [4.69, 9.17) is 4.98 Å². The highest BCUT2D eigenvalue weighted by molar-refractivity contribution is 5.78. The highest BCUT2D eigenvalue weighted by atomic mass is 16.2. The molecule has 118 valence electrons. The number of carbonyl (C=O) groups excluding carboxylic acids is 1. The van der Waals surface area contributed by atoms with Crippen LogP contribution in [0, 0.1) is 0 Å². The Kier molecular flexibility index (Phi) is 4.46. The van der Waals surface area contributed by atoms with Crippen LogP contribution < -0.4 is 0 Å². The Balaban J connectivity index is 2.03. The molecule has 0 aliphatic carbocycles. The molecule has 3 rings (SSSR count). The third-order valence-corrected chi connectivity index (χ3v) is 4.59. The third-order valence-electron chi connectivity index (χ3n) is 4.59. The lowest BCUT2D eigenvalue weighted by Crippen LogP contribution is -2.31. The summed E-state index contributed by atoms with van der Waals surface area (Å²) in [4.78, 5) is 19.1. The van der Waals surface area contributed by atoms with Crippen LogP contribution in [0.15, 0.2) is 24.3 Å². The molecule has 2 heterocycles. The van der Waals surface area contributed by atoms with Gasteiger partial charge in [0.1, 0.15) is 5.82 Å². The molecule has 4 heteroatoms. The van der Waals surface area contributed by atoms with E-state index in [0.29, 0.717) is 6.42 Å². The Morgan fingerprint density at radius 2 is 2.14 bits per heavy atom. The summed E-state index contributed by atoms with van der Waals surface area (Å²) in [6, 6.07) is 8.47. The van der Waals surface area contributed by atoms with Crippen LogP contribution in [0.3, 0.4) is 0 Å². The first kappa shape index (κ1) is 15.1. The summed E-state index contributed by atoms with van der Waals surface area (Å²) in [7, 11) is 0. The van der Waals surface area contributed by atoms with Crippen LogP contribution in [-0.4, -0.2) is 26.9 Å². The lowest BCUT2D eigenvalue weighted by atomic mass is 10.2. The van der Waals surface area contributed by atoms with Gasteiger partial charge in [-0.15, -0.1) is 0 Å². The minimum atomic E-state index is 0.150. The fourth-order valence-corrected chi connectivity index (χ4v) is 3.44. The lowest BCUT2D eigenvalue weighted by Gasteiger charge is -2.24. The summed E-state index contributed by atoms with van der Waals surface area (Å²) >= 11 is 0. The number of imidazole rings is 1. The molecule has 1 aliphatic rings. The van der Waals surface area contributed by atoms with Crippen LogP contribution in [0.1, 0.15) is 57.8 Å². The number of fused-ring (bicyclic) bond motifs is 1. The second-order valence-electron chi connectivity index (χ2n) is 6.06. The van der Waals surface area contributed by atoms with Crippen LogP contribution in [0.25, 0.3) is 11.0 Å². The van der Waals surface area contributed by atoms with Gasteiger partial charge < -0.3 is 9.47 Å². The van der Waals surface area contributed by atoms with E-state index in [2.05, 4.69) is 29.7 Å². The van der Waals surface area contributed by atoms with Crippen LogP contribution in [-0.2, 0) is 11.3 Å². The van der Waals surface area contributed by atoms with Crippen molar-refractivity contribution < 1.29 is 4.79 Å². The second kappa shape index (κ2) is 6.51. The molecule has 0 N–H and O–H groups in total. The van der Waals surface area contributed by atoms with Gasteiger partial charge in [0.25, 0.3) is 0 Å². The van der Waals surface area contributed by atoms with Gasteiger partial charge in [-0.2, -0.15) is 0 Å². The minimum absolute atomic E-state index is 0.150. The smallest absolute Gasteiger partial charge is 0.222 e. The number of hydrogen-bond acceptors (Lipinski definition) is 2. The molecule has 1 fully saturated rings. The van der Waals surface area contributed by atoms with Crippen LogP contribution in [0.4, 0.5) is 0 Å². The monoisotopic (exact) mass is 299 g/mol. The summed E-state index contributed by atoms with van der Waals surface area (Å²) in [5.74, 6) is 1.32. The first-order valence-corrected chi connectivity index (χ1v) is 8.50. The number of carbonyl (C=O) groups is 1. The standard InChI is InChI=1S/C18H25N3O/c1-3-5-12-21-15-10-7-6-9-14(15)19-18(21)16-11-8-13-20(16)17(22)4-2/h6-7,9-10,16H,3-5,8,11-13H2,1-2H3. The zero-order chi connectivity index (χ0) is 15.5. The Bertz CT molecular complexity index is 661. The molecule has 0 saturated carbocycles. The summed E-state index contributed by atoms with van der Waals surface area (Å²) in [6.45, 7) is 6.00. The van der Waals surface area contributed by atoms with E-state index in [-0.39, 0.29) is 11.9 Å². The Hall–Kier alpha value is -1.84. The van der Waals surface area contributed by atoms with Crippen LogP contribution in [0.2, 0.25) is 0 Å². The number of nitrogens with zero attached hydrogens (tertiary/aromatic N) is 3. The van der Waals surface area contributed by atoms with E-state index in [1.54, 1.807) is 0 Å². The van der Waals surface area contributed by atoms with Crippen molar-refractivity contribution in [2.75, 3.05) is 6.54 Å². The molecule has 1 atom stereocenters. The number of rotatable bonds is 5. The minimum Gasteiger partial charge on any atom is -0.333 e. The van der Waals surface area contributed by atoms with Gasteiger partial charge in [0.15, 0.2) is 0 Å². The number of hydrogen-bond donors (Lipinski definition) is 0. The Morgan fingerprint density at radius 1 is 1.32 bits per heavy atom. The van der Waals surface area contributed by atoms with Gasteiger partial charge in [-0.1, -0.05) is 32.4 Å². The summed E-state index contributed by atoms with van der Waals surface area (Å²) in [5.41, 5.74) is 2.24. The van der Waals surface area contributed by atoms with E-state index >= 15 is 0 Å². The molecular weight excluding hydrogens is 274 g/mol. The van der Waals surface area contributed by atoms with Crippen molar-refractivity contribution in [1.29, 1.82) is 0 Å². The first-order valence-electron chi connectivity index (χ1n) is 8.50. The second-order valence-corrected chi connectivity index (χ2v) is 6.06. The molecule has 2 aromatic rings. The normalized spacial score (nSPS) is 18.3. The summed E-state index contributed by atoms with van der Waals surface area (Å²) in [5, 5.41) is 0. The molecule has 1 unspecified atom stereocenters. The number of benzene rings is 1. The number of unbranched alkanes of at least 4 members (excludes halogenated alkanes) is 1. The van der Waals surface area contributed by atoms with Crippen molar-refractivity contribution in [2.24, 2.45) is 0 Å². The molecule has 1 aromatic heterocycles. The maximum Gasteiger partial charge on any atom is 0.222 e. The quantitative estimate of drug-likeness (QED) is 0.839. The van der Waals surface area contributed by atoms with E-state index in [0.717, 1.165) is 50.1 Å². The van der Waals surface area contributed by atoms with E-state index in [1.807, 2.05) is 17.9 Å². The molecule has 1 aliphatic heterocycles. The zero-order valence-corrected chi connectivity index (χ0v) is 13.6. The van der Waals surface area contributed by atoms with E-state index < -0.39 is 0 Å². The average molecular weight is 299 g/mol. The van der Waals surface area contributed by atoms with Gasteiger partial charge >= 0.3 is 0 Å².